The van der Waals surface area contributed by atoms with Crippen molar-refractivity contribution in [2.24, 2.45) is 0 Å². The van der Waals surface area contributed by atoms with Crippen molar-refractivity contribution in [3.8, 4) is 11.3 Å². The van der Waals surface area contributed by atoms with E-state index in [1.54, 1.807) is 12.1 Å². The molecule has 0 N–H and O–H groups in total. The van der Waals surface area contributed by atoms with Gasteiger partial charge in [0.2, 0.25) is 0 Å². The molecule has 7 heteroatoms. The average Bonchev–Trinajstić information content (AvgIpc) is 3.35. The molecule has 0 saturated carbocycles. The summed E-state index contributed by atoms with van der Waals surface area (Å²) in [7, 11) is 0. The summed E-state index contributed by atoms with van der Waals surface area (Å²) in [4.78, 5) is 27.2. The Kier molecular flexibility index (Phi) is 4.25. The Morgan fingerprint density at radius 2 is 1.96 bits per heavy atom. The highest BCUT2D eigenvalue weighted by Crippen LogP contribution is 2.34. The molecule has 1 aromatic carbocycles. The van der Waals surface area contributed by atoms with Gasteiger partial charge < -0.3 is 4.52 Å². The second kappa shape index (κ2) is 6.70. The number of nitrogens with zero attached hydrogens (tertiary/aromatic N) is 2. The molecule has 4 rings (SSSR count). The fraction of sp³-hybridized carbons (Fsp3) is 0.0556. The van der Waals surface area contributed by atoms with Crippen molar-refractivity contribution in [1.29, 1.82) is 0 Å². The van der Waals surface area contributed by atoms with E-state index in [4.69, 9.17) is 4.52 Å². The third kappa shape index (κ3) is 3.29. The predicted octanol–water partition coefficient (Wildman–Crippen LogP) is 4.64. The minimum atomic E-state index is -0.298. The lowest BCUT2D eigenvalue weighted by molar-refractivity contribution is -0.123. The molecule has 5 nitrogen and oxygen atoms in total. The first-order valence-corrected chi connectivity index (χ1v) is 9.20. The SMILES string of the molecule is O=C1S/C(=C\c2cccs2)C(=O)N1Cc1cc(-c2ccccc2)on1. The summed E-state index contributed by atoms with van der Waals surface area (Å²) < 4.78 is 5.32. The third-order valence-corrected chi connectivity index (χ3v) is 5.35. The van der Waals surface area contributed by atoms with Gasteiger partial charge in [-0.3, -0.25) is 14.5 Å². The van der Waals surface area contributed by atoms with E-state index in [1.165, 1.54) is 16.2 Å². The minimum absolute atomic E-state index is 0.1000. The average molecular weight is 368 g/mol. The van der Waals surface area contributed by atoms with Crippen molar-refractivity contribution in [1.82, 2.24) is 10.1 Å². The van der Waals surface area contributed by atoms with E-state index in [0.29, 0.717) is 16.4 Å². The number of amides is 2. The number of imide groups is 1. The zero-order valence-electron chi connectivity index (χ0n) is 12.9. The zero-order valence-corrected chi connectivity index (χ0v) is 14.5. The van der Waals surface area contributed by atoms with Gasteiger partial charge >= 0.3 is 0 Å². The number of aromatic nitrogens is 1. The van der Waals surface area contributed by atoms with Gasteiger partial charge in [-0.1, -0.05) is 41.6 Å². The summed E-state index contributed by atoms with van der Waals surface area (Å²) in [5, 5.41) is 5.61. The molecule has 0 bridgehead atoms. The van der Waals surface area contributed by atoms with E-state index in [-0.39, 0.29) is 17.7 Å². The number of carbonyl (C=O) groups is 2. The molecule has 0 unspecified atom stereocenters. The van der Waals surface area contributed by atoms with Crippen LogP contribution in [0.3, 0.4) is 0 Å². The molecule has 3 aromatic rings. The molecule has 1 aliphatic heterocycles. The van der Waals surface area contributed by atoms with Crippen LogP contribution >= 0.6 is 23.1 Å². The summed E-state index contributed by atoms with van der Waals surface area (Å²) in [6, 6.07) is 15.1. The van der Waals surface area contributed by atoms with Gasteiger partial charge in [0.1, 0.15) is 5.69 Å². The van der Waals surface area contributed by atoms with Crippen molar-refractivity contribution in [3.63, 3.8) is 0 Å². The Morgan fingerprint density at radius 1 is 1.12 bits per heavy atom. The maximum atomic E-state index is 12.5. The second-order valence-corrected chi connectivity index (χ2v) is 7.30. The number of benzene rings is 1. The van der Waals surface area contributed by atoms with Crippen LogP contribution in [0, 0.1) is 0 Å². The van der Waals surface area contributed by atoms with Crippen molar-refractivity contribution in [2.75, 3.05) is 0 Å². The van der Waals surface area contributed by atoms with Crippen LogP contribution in [0.25, 0.3) is 17.4 Å². The van der Waals surface area contributed by atoms with Crippen molar-refractivity contribution < 1.29 is 14.1 Å². The van der Waals surface area contributed by atoms with E-state index in [2.05, 4.69) is 5.16 Å². The smallest absolute Gasteiger partial charge is 0.293 e. The van der Waals surface area contributed by atoms with Crippen molar-refractivity contribution in [3.05, 3.63) is 69.4 Å². The first kappa shape index (κ1) is 15.9. The van der Waals surface area contributed by atoms with Gasteiger partial charge in [0, 0.05) is 16.5 Å². The van der Waals surface area contributed by atoms with Crippen molar-refractivity contribution in [2.45, 2.75) is 6.54 Å². The van der Waals surface area contributed by atoms with Crippen LogP contribution in [0.2, 0.25) is 0 Å². The molecule has 1 fully saturated rings. The first-order valence-electron chi connectivity index (χ1n) is 7.50. The quantitative estimate of drug-likeness (QED) is 0.628. The molecule has 0 radical (unpaired) electrons. The molecule has 1 saturated heterocycles. The highest BCUT2D eigenvalue weighted by Gasteiger charge is 2.35. The van der Waals surface area contributed by atoms with E-state index < -0.39 is 0 Å². The molecule has 124 valence electrons. The maximum Gasteiger partial charge on any atom is 0.293 e. The zero-order chi connectivity index (χ0) is 17.2. The van der Waals surface area contributed by atoms with Crippen LogP contribution in [-0.2, 0) is 11.3 Å². The summed E-state index contributed by atoms with van der Waals surface area (Å²) in [5.74, 6) is 0.310. The van der Waals surface area contributed by atoms with E-state index in [0.717, 1.165) is 22.2 Å². The van der Waals surface area contributed by atoms with Crippen LogP contribution in [0.5, 0.6) is 0 Å². The molecular formula is C18H12N2O3S2. The maximum absolute atomic E-state index is 12.5. The Labute approximate surface area is 151 Å². The number of carbonyl (C=O) groups excluding carboxylic acids is 2. The Bertz CT molecular complexity index is 946. The van der Waals surface area contributed by atoms with E-state index in [1.807, 2.05) is 47.8 Å². The molecule has 0 spiro atoms. The van der Waals surface area contributed by atoms with E-state index >= 15 is 0 Å². The van der Waals surface area contributed by atoms with Crippen LogP contribution < -0.4 is 0 Å². The lowest BCUT2D eigenvalue weighted by Gasteiger charge is -2.09. The summed E-state index contributed by atoms with van der Waals surface area (Å²) in [6.07, 6.45) is 1.74. The third-order valence-electron chi connectivity index (χ3n) is 3.63. The highest BCUT2D eigenvalue weighted by atomic mass is 32.2. The molecule has 0 aliphatic carbocycles. The van der Waals surface area contributed by atoms with Gasteiger partial charge in [-0.05, 0) is 29.3 Å². The normalized spacial score (nSPS) is 16.2. The Balaban J connectivity index is 1.52. The topological polar surface area (TPSA) is 63.4 Å². The molecule has 2 amide bonds. The van der Waals surface area contributed by atoms with E-state index in [9.17, 15) is 9.59 Å². The monoisotopic (exact) mass is 368 g/mol. The van der Waals surface area contributed by atoms with Gasteiger partial charge in [0.25, 0.3) is 11.1 Å². The number of hydrogen-bond donors (Lipinski definition) is 0. The molecule has 3 heterocycles. The Hall–Kier alpha value is -2.64. The van der Waals surface area contributed by atoms with Crippen LogP contribution in [0.1, 0.15) is 10.6 Å². The van der Waals surface area contributed by atoms with Crippen molar-refractivity contribution >= 4 is 40.3 Å². The van der Waals surface area contributed by atoms with Gasteiger partial charge in [0.05, 0.1) is 11.4 Å². The Morgan fingerprint density at radius 3 is 2.72 bits per heavy atom. The lowest BCUT2D eigenvalue weighted by Crippen LogP contribution is -2.27. The predicted molar refractivity (Wildman–Crippen MR) is 97.8 cm³/mol. The summed E-state index contributed by atoms with van der Waals surface area (Å²) in [5.41, 5.74) is 1.44. The highest BCUT2D eigenvalue weighted by molar-refractivity contribution is 8.18. The number of hydrogen-bond acceptors (Lipinski definition) is 6. The second-order valence-electron chi connectivity index (χ2n) is 5.33. The molecule has 25 heavy (non-hydrogen) atoms. The van der Waals surface area contributed by atoms with Gasteiger partial charge in [-0.15, -0.1) is 11.3 Å². The lowest BCUT2D eigenvalue weighted by atomic mass is 10.1. The van der Waals surface area contributed by atoms with Crippen LogP contribution in [-0.4, -0.2) is 21.2 Å². The molecule has 1 aliphatic rings. The van der Waals surface area contributed by atoms with Gasteiger partial charge in [-0.25, -0.2) is 0 Å². The van der Waals surface area contributed by atoms with Gasteiger partial charge in [-0.2, -0.15) is 0 Å². The summed E-state index contributed by atoms with van der Waals surface area (Å²) >= 11 is 2.47. The largest absolute Gasteiger partial charge is 0.356 e. The fourth-order valence-corrected chi connectivity index (χ4v) is 3.99. The van der Waals surface area contributed by atoms with Crippen LogP contribution in [0.15, 0.2) is 63.3 Å². The molecule has 2 aromatic heterocycles. The first-order chi connectivity index (χ1) is 12.2. The van der Waals surface area contributed by atoms with Gasteiger partial charge in [0.15, 0.2) is 5.76 Å². The van der Waals surface area contributed by atoms with Crippen LogP contribution in [0.4, 0.5) is 4.79 Å². The summed E-state index contributed by atoms with van der Waals surface area (Å²) in [6.45, 7) is 0.1000. The number of thioether (sulfide) groups is 1. The minimum Gasteiger partial charge on any atom is -0.356 e. The molecule has 0 atom stereocenters. The number of thiophene rings is 1. The fourth-order valence-electron chi connectivity index (χ4n) is 2.43. The molecular weight excluding hydrogens is 356 g/mol. The number of rotatable bonds is 4. The standard InChI is InChI=1S/C18H12N2O3S2/c21-17-16(10-14-7-4-8-24-14)25-18(22)20(17)11-13-9-15(23-19-13)12-5-2-1-3-6-12/h1-10H,11H2/b16-10-.